The largest absolute Gasteiger partial charge is 0.469 e. The van der Waals surface area contributed by atoms with Crippen LogP contribution in [-0.2, 0) is 28.6 Å². The van der Waals surface area contributed by atoms with E-state index < -0.39 is 17.1 Å². The predicted molar refractivity (Wildman–Crippen MR) is 112 cm³/mol. The zero-order chi connectivity index (χ0) is 22.4. The number of Topliss-reactive ketones (excluding diaryl/α,β-unsaturated/α-hetero) is 1. The van der Waals surface area contributed by atoms with Gasteiger partial charge in [0.05, 0.1) is 19.1 Å². The number of ketones is 1. The van der Waals surface area contributed by atoms with Crippen molar-refractivity contribution in [1.82, 2.24) is 0 Å². The molecule has 0 radical (unpaired) electrons. The van der Waals surface area contributed by atoms with Crippen LogP contribution in [0.5, 0.6) is 0 Å². The Morgan fingerprint density at radius 2 is 1.97 bits per heavy atom. The number of carbonyl (C=O) groups is 3. The van der Waals surface area contributed by atoms with Crippen molar-refractivity contribution in [2.75, 3.05) is 7.11 Å². The van der Waals surface area contributed by atoms with E-state index in [1.165, 1.54) is 7.11 Å². The molecule has 1 aliphatic heterocycles. The van der Waals surface area contributed by atoms with Crippen LogP contribution in [0.25, 0.3) is 0 Å². The summed E-state index contributed by atoms with van der Waals surface area (Å²) in [5, 5.41) is 0. The summed E-state index contributed by atoms with van der Waals surface area (Å²) in [5.41, 5.74) is -0.454. The van der Waals surface area contributed by atoms with E-state index in [1.54, 1.807) is 0 Å². The van der Waals surface area contributed by atoms with Crippen molar-refractivity contribution in [3.63, 3.8) is 0 Å². The first-order valence-electron chi connectivity index (χ1n) is 11.8. The third kappa shape index (κ3) is 2.46. The molecule has 0 bridgehead atoms. The number of epoxide rings is 1. The van der Waals surface area contributed by atoms with Gasteiger partial charge >= 0.3 is 11.9 Å². The van der Waals surface area contributed by atoms with Crippen LogP contribution in [0, 0.1) is 28.6 Å². The van der Waals surface area contributed by atoms with Crippen LogP contribution in [0.4, 0.5) is 0 Å². The van der Waals surface area contributed by atoms with Crippen LogP contribution in [0.2, 0.25) is 0 Å². The normalized spacial score (nSPS) is 49.7. The van der Waals surface area contributed by atoms with Crippen molar-refractivity contribution in [3.05, 3.63) is 11.6 Å². The van der Waals surface area contributed by atoms with Gasteiger partial charge in [-0.25, -0.2) is 0 Å². The molecule has 4 aliphatic carbocycles. The lowest BCUT2D eigenvalue weighted by Crippen LogP contribution is -2.62. The molecule has 4 fully saturated rings. The van der Waals surface area contributed by atoms with Gasteiger partial charge in [0.1, 0.15) is 17.0 Å². The van der Waals surface area contributed by atoms with E-state index >= 15 is 0 Å². The smallest absolute Gasteiger partial charge is 0.312 e. The lowest BCUT2D eigenvalue weighted by Gasteiger charge is -2.57. The van der Waals surface area contributed by atoms with Crippen molar-refractivity contribution in [3.8, 4) is 0 Å². The number of esters is 2. The van der Waals surface area contributed by atoms with Crippen LogP contribution in [0.3, 0.4) is 0 Å². The fourth-order valence-electron chi connectivity index (χ4n) is 8.01. The van der Waals surface area contributed by atoms with Gasteiger partial charge in [-0.3, -0.25) is 14.4 Å². The molecule has 5 rings (SSSR count). The molecule has 8 atom stereocenters. The van der Waals surface area contributed by atoms with Crippen molar-refractivity contribution >= 4 is 17.7 Å². The quantitative estimate of drug-likeness (QED) is 0.385. The molecular formula is C25H34O6. The Morgan fingerprint density at radius 1 is 1.23 bits per heavy atom. The van der Waals surface area contributed by atoms with Gasteiger partial charge in [0.15, 0.2) is 0 Å². The van der Waals surface area contributed by atoms with E-state index in [2.05, 4.69) is 20.8 Å². The zero-order valence-corrected chi connectivity index (χ0v) is 19.3. The van der Waals surface area contributed by atoms with Crippen LogP contribution in [-0.4, -0.2) is 42.1 Å². The summed E-state index contributed by atoms with van der Waals surface area (Å²) >= 11 is 0. The average molecular weight is 431 g/mol. The van der Waals surface area contributed by atoms with E-state index in [-0.39, 0.29) is 46.5 Å². The van der Waals surface area contributed by atoms with Gasteiger partial charge in [-0.2, -0.15) is 0 Å². The van der Waals surface area contributed by atoms with Gasteiger partial charge in [0.25, 0.3) is 0 Å². The molecule has 0 N–H and O–H groups in total. The van der Waals surface area contributed by atoms with E-state index in [1.807, 2.05) is 13.0 Å². The minimum Gasteiger partial charge on any atom is -0.469 e. The summed E-state index contributed by atoms with van der Waals surface area (Å²) in [6.07, 6.45) is 6.62. The highest BCUT2D eigenvalue weighted by Gasteiger charge is 2.82. The molecule has 0 amide bonds. The minimum absolute atomic E-state index is 0.00515. The average Bonchev–Trinajstić information content (AvgIpc) is 3.39. The molecule has 3 saturated carbocycles. The summed E-state index contributed by atoms with van der Waals surface area (Å²) in [6.45, 7) is 8.34. The van der Waals surface area contributed by atoms with Gasteiger partial charge in [-0.15, -0.1) is 0 Å². The van der Waals surface area contributed by atoms with E-state index in [0.29, 0.717) is 19.3 Å². The fourth-order valence-corrected chi connectivity index (χ4v) is 8.01. The molecule has 2 unspecified atom stereocenters. The number of fused-ring (bicyclic) bond motifs is 3. The Morgan fingerprint density at radius 3 is 2.65 bits per heavy atom. The van der Waals surface area contributed by atoms with Gasteiger partial charge in [0.2, 0.25) is 0 Å². The second-order valence-electron chi connectivity index (χ2n) is 11.0. The Bertz CT molecular complexity index is 892. The summed E-state index contributed by atoms with van der Waals surface area (Å²) in [6, 6.07) is 0. The topological polar surface area (TPSA) is 82.2 Å². The van der Waals surface area contributed by atoms with Gasteiger partial charge in [-0.05, 0) is 38.5 Å². The second-order valence-corrected chi connectivity index (χ2v) is 11.0. The summed E-state index contributed by atoms with van der Waals surface area (Å²) < 4.78 is 17.9. The second kappa shape index (κ2) is 6.43. The van der Waals surface area contributed by atoms with Crippen LogP contribution < -0.4 is 0 Å². The molecule has 5 aliphatic rings. The van der Waals surface area contributed by atoms with Crippen molar-refractivity contribution in [2.45, 2.75) is 89.9 Å². The Balaban J connectivity index is 1.62. The molecule has 0 aromatic carbocycles. The predicted octanol–water partition coefficient (Wildman–Crippen LogP) is 3.76. The van der Waals surface area contributed by atoms with E-state index in [4.69, 9.17) is 14.2 Å². The van der Waals surface area contributed by atoms with Gasteiger partial charge < -0.3 is 14.2 Å². The molecular weight excluding hydrogens is 396 g/mol. The number of methoxy groups -OCH3 is 1. The zero-order valence-electron chi connectivity index (χ0n) is 19.3. The Kier molecular flexibility index (Phi) is 4.39. The molecule has 0 aromatic rings. The Hall–Kier alpha value is -1.69. The molecule has 6 nitrogen and oxygen atoms in total. The Labute approximate surface area is 184 Å². The lowest BCUT2D eigenvalue weighted by molar-refractivity contribution is -0.179. The molecule has 31 heavy (non-hydrogen) atoms. The number of carbonyl (C=O) groups excluding carboxylic acids is 3. The van der Waals surface area contributed by atoms with E-state index in [0.717, 1.165) is 31.3 Å². The van der Waals surface area contributed by atoms with Crippen molar-refractivity contribution < 1.29 is 28.6 Å². The first-order chi connectivity index (χ1) is 14.6. The van der Waals surface area contributed by atoms with Crippen LogP contribution in [0.15, 0.2) is 11.6 Å². The molecule has 1 spiro atoms. The van der Waals surface area contributed by atoms with E-state index in [9.17, 15) is 14.4 Å². The third-order valence-corrected chi connectivity index (χ3v) is 9.99. The summed E-state index contributed by atoms with van der Waals surface area (Å²) in [7, 11) is 1.43. The maximum Gasteiger partial charge on any atom is 0.312 e. The standard InChI is InChI=1S/C25H34O6/c1-6-19(27)31-24(4)10-8-17-20-16(21(28)29-5)12-14-11-15(26)7-9-22(14,2)25(20)18(30-25)13-23(17,24)3/h12,16-18,20H,6-11,13H2,1-5H3/t16-,17?,18-,20?,22+,23+,24+,25-/m1/s1. The summed E-state index contributed by atoms with van der Waals surface area (Å²) in [4.78, 5) is 37.6. The maximum absolute atomic E-state index is 13.0. The highest BCUT2D eigenvalue weighted by molar-refractivity contribution is 5.84. The number of rotatable bonds is 3. The molecule has 1 heterocycles. The van der Waals surface area contributed by atoms with Crippen LogP contribution in [0.1, 0.15) is 72.6 Å². The molecule has 0 aromatic heterocycles. The monoisotopic (exact) mass is 430 g/mol. The number of hydrogen-bond donors (Lipinski definition) is 0. The summed E-state index contributed by atoms with van der Waals surface area (Å²) in [5.74, 6) is -0.483. The van der Waals surface area contributed by atoms with Gasteiger partial charge in [0, 0.05) is 36.0 Å². The fraction of sp³-hybridized carbons (Fsp3) is 0.800. The first kappa shape index (κ1) is 21.2. The molecule has 6 heteroatoms. The maximum atomic E-state index is 13.0. The first-order valence-corrected chi connectivity index (χ1v) is 11.8. The molecule has 1 saturated heterocycles. The lowest BCUT2D eigenvalue weighted by atomic mass is 9.44. The number of ether oxygens (including phenoxy) is 3. The third-order valence-electron chi connectivity index (χ3n) is 9.99. The van der Waals surface area contributed by atoms with Crippen LogP contribution >= 0.6 is 0 Å². The molecule has 170 valence electrons. The highest BCUT2D eigenvalue weighted by atomic mass is 16.6. The van der Waals surface area contributed by atoms with Crippen molar-refractivity contribution in [1.29, 1.82) is 0 Å². The van der Waals surface area contributed by atoms with Gasteiger partial charge in [-0.1, -0.05) is 32.4 Å². The number of hydrogen-bond acceptors (Lipinski definition) is 6. The van der Waals surface area contributed by atoms with Crippen molar-refractivity contribution in [2.24, 2.45) is 28.6 Å². The minimum atomic E-state index is -0.572. The SMILES string of the molecule is CCC(=O)O[C@@]1(C)CCC2C3[C@H](C(=O)OC)C=C4CC(=O)CC[C@]4(C)[C@]34O[C@@H]4C[C@@]21C. The highest BCUT2D eigenvalue weighted by Crippen LogP contribution is 2.77.